The van der Waals surface area contributed by atoms with Crippen LogP contribution in [-0.4, -0.2) is 140 Å². The molecule has 0 aromatic rings. The zero-order chi connectivity index (χ0) is 44.0. The molecule has 60 heavy (non-hydrogen) atoms. The second-order valence-corrected chi connectivity index (χ2v) is 17.2. The molecule has 0 aromatic carbocycles. The van der Waals surface area contributed by atoms with Gasteiger partial charge in [0.1, 0.15) is 48.8 Å². The molecule has 14 nitrogen and oxygen atoms in total. The molecule has 0 saturated carbocycles. The quantitative estimate of drug-likeness (QED) is 0.0292. The first kappa shape index (κ1) is 54.9. The van der Waals surface area contributed by atoms with Crippen LogP contribution in [0.25, 0.3) is 0 Å². The predicted octanol–water partition coefficient (Wildman–Crippen LogP) is 5.21. The summed E-state index contributed by atoms with van der Waals surface area (Å²) in [5.41, 5.74) is 0. The number of unbranched alkanes of at least 4 members (excludes halogenated alkanes) is 23. The molecule has 2 aliphatic heterocycles. The molecule has 9 N–H and O–H groups in total. The summed E-state index contributed by atoms with van der Waals surface area (Å²) in [7, 11) is 0. The van der Waals surface area contributed by atoms with E-state index in [1.54, 1.807) is 6.08 Å². The van der Waals surface area contributed by atoms with E-state index in [1.807, 2.05) is 6.08 Å². The van der Waals surface area contributed by atoms with Crippen LogP contribution in [0, 0.1) is 0 Å². The Bertz CT molecular complexity index is 1070. The van der Waals surface area contributed by atoms with Crippen molar-refractivity contribution in [1.29, 1.82) is 0 Å². The number of ether oxygens (including phenoxy) is 4. The average Bonchev–Trinajstić information content (AvgIpc) is 3.24. The molecule has 2 fully saturated rings. The second-order valence-electron chi connectivity index (χ2n) is 17.2. The molecular formula is C46H87NO13. The molecule has 2 heterocycles. The highest BCUT2D eigenvalue weighted by molar-refractivity contribution is 5.76. The van der Waals surface area contributed by atoms with Crippen molar-refractivity contribution in [2.24, 2.45) is 0 Å². The topological polar surface area (TPSA) is 228 Å². The summed E-state index contributed by atoms with van der Waals surface area (Å²) in [5.74, 6) is -0.241. The van der Waals surface area contributed by atoms with Gasteiger partial charge in [0.05, 0.1) is 32.0 Å². The molecule has 0 radical (unpaired) electrons. The standard InChI is InChI=1S/C46H87NO13/c1-3-5-7-9-11-13-15-16-17-18-20-21-23-25-27-29-35(50)34(47-38(51)30-28-26-24-22-19-14-12-10-8-6-4-2)33-57-45-43(56)41(54)44(37(32-49)59-45)60-46-42(55)40(53)39(52)36(31-48)58-46/h27,29,34-37,39-46,48-50,52-56H,3-26,28,30-33H2,1-2H3,(H,47,51)/b29-27+. The van der Waals surface area contributed by atoms with E-state index in [-0.39, 0.29) is 18.9 Å². The fraction of sp³-hybridized carbons (Fsp3) is 0.935. The van der Waals surface area contributed by atoms with Crippen LogP contribution < -0.4 is 5.32 Å². The Morgan fingerprint density at radius 3 is 1.53 bits per heavy atom. The Labute approximate surface area is 361 Å². The van der Waals surface area contributed by atoms with Crippen LogP contribution in [0.4, 0.5) is 0 Å². The molecule has 12 atom stereocenters. The Kier molecular flexibility index (Phi) is 31.3. The SMILES string of the molecule is CCCCCCCCCCCCCCC/C=C/C(O)C(COC1OC(CO)C(OC2OC(CO)C(O)C(O)C2O)C(O)C1O)NC(=O)CCCCCCCCCCCCC. The van der Waals surface area contributed by atoms with E-state index in [4.69, 9.17) is 18.9 Å². The zero-order valence-corrected chi connectivity index (χ0v) is 37.2. The van der Waals surface area contributed by atoms with E-state index >= 15 is 0 Å². The maximum Gasteiger partial charge on any atom is 0.220 e. The van der Waals surface area contributed by atoms with Crippen molar-refractivity contribution in [3.8, 4) is 0 Å². The second kappa shape index (κ2) is 34.2. The molecule has 0 aliphatic carbocycles. The van der Waals surface area contributed by atoms with E-state index in [9.17, 15) is 45.6 Å². The highest BCUT2D eigenvalue weighted by Gasteiger charge is 2.51. The highest BCUT2D eigenvalue weighted by atomic mass is 16.7. The predicted molar refractivity (Wildman–Crippen MR) is 231 cm³/mol. The fourth-order valence-corrected chi connectivity index (χ4v) is 8.00. The third-order valence-corrected chi connectivity index (χ3v) is 12.0. The number of carbonyl (C=O) groups excluding carboxylic acids is 1. The first-order chi connectivity index (χ1) is 29.1. The zero-order valence-electron chi connectivity index (χ0n) is 37.2. The number of allylic oxidation sites excluding steroid dienone is 1. The molecule has 0 aromatic heterocycles. The van der Waals surface area contributed by atoms with Crippen molar-refractivity contribution >= 4 is 5.91 Å². The van der Waals surface area contributed by atoms with Crippen LogP contribution in [0.5, 0.6) is 0 Å². The van der Waals surface area contributed by atoms with E-state index < -0.39 is 86.8 Å². The number of carbonyl (C=O) groups is 1. The lowest BCUT2D eigenvalue weighted by Crippen LogP contribution is -2.65. The van der Waals surface area contributed by atoms with Gasteiger partial charge in [0.2, 0.25) is 5.91 Å². The maximum absolute atomic E-state index is 13.1. The molecule has 2 aliphatic rings. The Balaban J connectivity index is 1.89. The van der Waals surface area contributed by atoms with Crippen molar-refractivity contribution in [2.75, 3.05) is 19.8 Å². The van der Waals surface area contributed by atoms with Gasteiger partial charge in [-0.25, -0.2) is 0 Å². The summed E-state index contributed by atoms with van der Waals surface area (Å²) in [5, 5.41) is 86.5. The molecule has 14 heteroatoms. The first-order valence-electron chi connectivity index (χ1n) is 23.9. The normalized spacial score (nSPS) is 28.3. The Morgan fingerprint density at radius 1 is 0.583 bits per heavy atom. The van der Waals surface area contributed by atoms with Crippen molar-refractivity contribution < 1.29 is 64.6 Å². The minimum Gasteiger partial charge on any atom is -0.394 e. The number of amides is 1. The van der Waals surface area contributed by atoms with Gasteiger partial charge in [0.25, 0.3) is 0 Å². The van der Waals surface area contributed by atoms with Gasteiger partial charge in [-0.05, 0) is 19.3 Å². The lowest BCUT2D eigenvalue weighted by atomic mass is 9.97. The number of hydrogen-bond acceptors (Lipinski definition) is 13. The monoisotopic (exact) mass is 862 g/mol. The third-order valence-electron chi connectivity index (χ3n) is 12.0. The van der Waals surface area contributed by atoms with E-state index in [0.29, 0.717) is 6.42 Å². The van der Waals surface area contributed by atoms with Crippen LogP contribution in [0.1, 0.15) is 181 Å². The molecular weight excluding hydrogens is 774 g/mol. The lowest BCUT2D eigenvalue weighted by molar-refractivity contribution is -0.359. The van der Waals surface area contributed by atoms with Crippen molar-refractivity contribution in [3.63, 3.8) is 0 Å². The summed E-state index contributed by atoms with van der Waals surface area (Å²) < 4.78 is 22.6. The Hall–Kier alpha value is -1.27. The van der Waals surface area contributed by atoms with Gasteiger partial charge < -0.3 is 65.1 Å². The summed E-state index contributed by atoms with van der Waals surface area (Å²) in [6.45, 7) is 2.76. The summed E-state index contributed by atoms with van der Waals surface area (Å²) >= 11 is 0. The summed E-state index contributed by atoms with van der Waals surface area (Å²) in [6, 6.07) is -0.906. The van der Waals surface area contributed by atoms with Crippen molar-refractivity contribution in [3.05, 3.63) is 12.2 Å². The summed E-state index contributed by atoms with van der Waals surface area (Å²) in [6.07, 6.45) is 16.8. The lowest BCUT2D eigenvalue weighted by Gasteiger charge is -2.46. The van der Waals surface area contributed by atoms with Gasteiger partial charge in [-0.15, -0.1) is 0 Å². The van der Waals surface area contributed by atoms with Gasteiger partial charge in [-0.1, -0.05) is 167 Å². The van der Waals surface area contributed by atoms with E-state index in [2.05, 4.69) is 19.2 Å². The summed E-state index contributed by atoms with van der Waals surface area (Å²) in [4.78, 5) is 13.1. The minimum absolute atomic E-state index is 0.241. The van der Waals surface area contributed by atoms with Gasteiger partial charge in [0.15, 0.2) is 12.6 Å². The van der Waals surface area contributed by atoms with E-state index in [0.717, 1.165) is 38.5 Å². The maximum atomic E-state index is 13.1. The molecule has 2 saturated heterocycles. The molecule has 0 spiro atoms. The van der Waals surface area contributed by atoms with Crippen molar-refractivity contribution in [1.82, 2.24) is 5.32 Å². The number of rotatable bonds is 36. The number of hydrogen-bond donors (Lipinski definition) is 9. The average molecular weight is 862 g/mol. The van der Waals surface area contributed by atoms with Gasteiger partial charge in [-0.2, -0.15) is 0 Å². The number of nitrogens with one attached hydrogen (secondary N) is 1. The smallest absolute Gasteiger partial charge is 0.220 e. The first-order valence-corrected chi connectivity index (χ1v) is 23.9. The third kappa shape index (κ3) is 21.9. The van der Waals surface area contributed by atoms with Gasteiger partial charge in [0, 0.05) is 6.42 Å². The fourth-order valence-electron chi connectivity index (χ4n) is 8.00. The van der Waals surface area contributed by atoms with Crippen molar-refractivity contribution in [2.45, 2.75) is 254 Å². The highest BCUT2D eigenvalue weighted by Crippen LogP contribution is 2.30. The van der Waals surface area contributed by atoms with Crippen LogP contribution in [-0.2, 0) is 23.7 Å². The molecule has 1 amide bonds. The Morgan fingerprint density at radius 2 is 1.03 bits per heavy atom. The van der Waals surface area contributed by atoms with E-state index in [1.165, 1.54) is 116 Å². The van der Waals surface area contributed by atoms with Crippen LogP contribution in [0.15, 0.2) is 12.2 Å². The number of aliphatic hydroxyl groups is 8. The van der Waals surface area contributed by atoms with Gasteiger partial charge in [-0.3, -0.25) is 4.79 Å². The molecule has 354 valence electrons. The van der Waals surface area contributed by atoms with Crippen LogP contribution in [0.2, 0.25) is 0 Å². The van der Waals surface area contributed by atoms with Gasteiger partial charge >= 0.3 is 0 Å². The minimum atomic E-state index is -1.78. The molecule has 2 rings (SSSR count). The largest absolute Gasteiger partial charge is 0.394 e. The molecule has 12 unspecified atom stereocenters. The number of aliphatic hydroxyl groups excluding tert-OH is 8. The van der Waals surface area contributed by atoms with Crippen LogP contribution >= 0.6 is 0 Å². The van der Waals surface area contributed by atoms with Crippen LogP contribution in [0.3, 0.4) is 0 Å². The molecule has 0 bridgehead atoms.